The molecule has 0 fully saturated rings. The summed E-state index contributed by atoms with van der Waals surface area (Å²) in [7, 11) is 1.96. The monoisotopic (exact) mass is 381 g/mol. The number of pyridine rings is 2. The van der Waals surface area contributed by atoms with E-state index in [1.54, 1.807) is 6.20 Å². The van der Waals surface area contributed by atoms with Gasteiger partial charge in [0.2, 0.25) is 11.7 Å². The van der Waals surface area contributed by atoms with Crippen molar-refractivity contribution in [2.24, 2.45) is 7.05 Å². The van der Waals surface area contributed by atoms with E-state index < -0.39 is 0 Å². The van der Waals surface area contributed by atoms with Crippen LogP contribution in [0.25, 0.3) is 49.0 Å². The van der Waals surface area contributed by atoms with Crippen LogP contribution < -0.4 is 4.57 Å². The Labute approximate surface area is 168 Å². The van der Waals surface area contributed by atoms with E-state index in [0.717, 1.165) is 16.4 Å². The average Bonchev–Trinajstić information content (AvgIpc) is 3.02. The van der Waals surface area contributed by atoms with Gasteiger partial charge < -0.3 is 4.40 Å². The summed E-state index contributed by atoms with van der Waals surface area (Å²) in [6.07, 6.45) is 1.62. The maximum absolute atomic E-state index is 15.1. The van der Waals surface area contributed by atoms with Gasteiger partial charge in [-0.1, -0.05) is 36.4 Å². The Kier molecular flexibility index (Phi) is 3.02. The van der Waals surface area contributed by atoms with Gasteiger partial charge in [-0.3, -0.25) is 0 Å². The fraction of sp³-hybridized carbons (Fsp3) is 0.192. The molecule has 0 unspecified atom stereocenters. The second kappa shape index (κ2) is 5.24. The average molecular weight is 381 g/mol. The van der Waals surface area contributed by atoms with Gasteiger partial charge in [0.25, 0.3) is 0 Å². The maximum atomic E-state index is 15.1. The number of para-hydroxylation sites is 1. The molecule has 0 atom stereocenters. The minimum absolute atomic E-state index is 0.174. The highest BCUT2D eigenvalue weighted by Gasteiger charge is 2.27. The van der Waals surface area contributed by atoms with E-state index >= 15 is 4.39 Å². The summed E-state index contributed by atoms with van der Waals surface area (Å²) in [6, 6.07) is 12.8. The van der Waals surface area contributed by atoms with E-state index in [-0.39, 0.29) is 5.82 Å². The molecule has 0 spiro atoms. The van der Waals surface area contributed by atoms with E-state index in [1.807, 2.05) is 17.7 Å². The zero-order chi connectivity index (χ0) is 20.2. The molecule has 3 aromatic heterocycles. The van der Waals surface area contributed by atoms with Crippen molar-refractivity contribution in [2.75, 3.05) is 0 Å². The Balaban J connectivity index is 2.19. The number of hydrogen-bond donors (Lipinski definition) is 0. The van der Waals surface area contributed by atoms with Crippen molar-refractivity contribution < 1.29 is 8.96 Å². The second-order valence-electron chi connectivity index (χ2n) is 8.49. The number of nitrogens with zero attached hydrogens (tertiary/aromatic N) is 2. The predicted molar refractivity (Wildman–Crippen MR) is 119 cm³/mol. The fourth-order valence-electron chi connectivity index (χ4n) is 5.42. The van der Waals surface area contributed by atoms with Crippen LogP contribution in [0.3, 0.4) is 0 Å². The van der Waals surface area contributed by atoms with Gasteiger partial charge in [-0.2, -0.15) is 8.96 Å². The quantitative estimate of drug-likeness (QED) is 0.168. The summed E-state index contributed by atoms with van der Waals surface area (Å²) in [5, 5.41) is 5.34. The van der Waals surface area contributed by atoms with Gasteiger partial charge in [-0.05, 0) is 49.9 Å². The Bertz CT molecular complexity index is 1650. The van der Waals surface area contributed by atoms with Gasteiger partial charge >= 0.3 is 0 Å². The van der Waals surface area contributed by atoms with E-state index in [0.29, 0.717) is 5.39 Å². The molecule has 0 aliphatic rings. The van der Waals surface area contributed by atoms with Gasteiger partial charge in [0.15, 0.2) is 5.82 Å². The van der Waals surface area contributed by atoms with Gasteiger partial charge in [-0.15, -0.1) is 0 Å². The molecule has 0 saturated heterocycles. The maximum Gasteiger partial charge on any atom is 0.224 e. The van der Waals surface area contributed by atoms with Crippen molar-refractivity contribution in [3.05, 3.63) is 70.7 Å². The van der Waals surface area contributed by atoms with Crippen LogP contribution in [-0.2, 0) is 7.05 Å². The summed E-state index contributed by atoms with van der Waals surface area (Å²) in [4.78, 5) is 0. The van der Waals surface area contributed by atoms with Crippen LogP contribution in [0, 0.1) is 33.5 Å². The standard InChI is InChI=1S/C26H22FN2/c1-13-7-6-8-17-18-9-10-19-20(27)12-28(5)26-21-16(4)14(2)11-15(3)24(21)29(23(13)17)25(18)22(19)26/h6-12H,1-5H3/q+1. The van der Waals surface area contributed by atoms with Gasteiger partial charge in [0, 0.05) is 16.2 Å². The SMILES string of the molecule is Cc1cc(C)c2c(c1C)c1c3c(ccc4c5cccc(C)c5n2c43)c(F)c[n+]1C. The highest BCUT2D eigenvalue weighted by molar-refractivity contribution is 6.27. The highest BCUT2D eigenvalue weighted by Crippen LogP contribution is 2.43. The lowest BCUT2D eigenvalue weighted by Gasteiger charge is -2.16. The Hall–Kier alpha value is -3.20. The lowest BCUT2D eigenvalue weighted by atomic mass is 9.95. The molecule has 0 aliphatic heterocycles. The molecule has 0 aliphatic carbocycles. The van der Waals surface area contributed by atoms with Crippen molar-refractivity contribution in [2.45, 2.75) is 27.7 Å². The first-order valence-corrected chi connectivity index (χ1v) is 10.1. The molecule has 0 N–H and O–H groups in total. The number of fused-ring (bicyclic) bond motifs is 6. The summed E-state index contributed by atoms with van der Waals surface area (Å²) in [5.74, 6) is -0.174. The highest BCUT2D eigenvalue weighted by atomic mass is 19.1. The smallest absolute Gasteiger partial charge is 0.224 e. The first-order chi connectivity index (χ1) is 13.9. The number of aryl methyl sites for hydroxylation is 5. The van der Waals surface area contributed by atoms with E-state index in [1.165, 1.54) is 49.4 Å². The zero-order valence-electron chi connectivity index (χ0n) is 17.3. The number of hydrogen-bond acceptors (Lipinski definition) is 0. The Morgan fingerprint density at radius 1 is 0.759 bits per heavy atom. The zero-order valence-corrected chi connectivity index (χ0v) is 17.3. The van der Waals surface area contributed by atoms with Crippen molar-refractivity contribution >= 4 is 49.0 Å². The third-order valence-electron chi connectivity index (χ3n) is 6.78. The summed E-state index contributed by atoms with van der Waals surface area (Å²) < 4.78 is 19.4. The fourth-order valence-corrected chi connectivity index (χ4v) is 5.42. The lowest BCUT2D eigenvalue weighted by molar-refractivity contribution is -0.645. The van der Waals surface area contributed by atoms with Crippen molar-refractivity contribution in [1.29, 1.82) is 0 Å². The van der Waals surface area contributed by atoms with Gasteiger partial charge in [-0.25, -0.2) is 0 Å². The molecule has 3 aromatic carbocycles. The molecule has 142 valence electrons. The van der Waals surface area contributed by atoms with Crippen molar-refractivity contribution in [3.63, 3.8) is 0 Å². The van der Waals surface area contributed by atoms with Crippen LogP contribution in [-0.4, -0.2) is 4.40 Å². The van der Waals surface area contributed by atoms with Crippen LogP contribution in [0.15, 0.2) is 42.6 Å². The summed E-state index contributed by atoms with van der Waals surface area (Å²) in [5.41, 5.74) is 9.69. The second-order valence-corrected chi connectivity index (χ2v) is 8.49. The van der Waals surface area contributed by atoms with Crippen LogP contribution in [0.5, 0.6) is 0 Å². The van der Waals surface area contributed by atoms with E-state index in [9.17, 15) is 0 Å². The third-order valence-corrected chi connectivity index (χ3v) is 6.78. The minimum Gasteiger partial charge on any atom is -0.307 e. The normalized spacial score (nSPS) is 12.5. The van der Waals surface area contributed by atoms with Crippen molar-refractivity contribution in [3.8, 4) is 0 Å². The molecule has 6 aromatic rings. The van der Waals surface area contributed by atoms with E-state index in [4.69, 9.17) is 0 Å². The molecular formula is C26H22FN2+. The molecule has 3 heteroatoms. The molecule has 29 heavy (non-hydrogen) atoms. The molecular weight excluding hydrogens is 359 g/mol. The molecule has 3 heterocycles. The predicted octanol–water partition coefficient (Wildman–Crippen LogP) is 6.19. The lowest BCUT2D eigenvalue weighted by Crippen LogP contribution is -2.30. The number of aromatic nitrogens is 2. The third kappa shape index (κ3) is 1.84. The Morgan fingerprint density at radius 2 is 1.48 bits per heavy atom. The van der Waals surface area contributed by atoms with E-state index in [2.05, 4.69) is 62.4 Å². The molecule has 0 radical (unpaired) electrons. The molecule has 0 amide bonds. The Morgan fingerprint density at radius 3 is 2.28 bits per heavy atom. The van der Waals surface area contributed by atoms with Gasteiger partial charge in [0.05, 0.1) is 27.3 Å². The van der Waals surface area contributed by atoms with Crippen molar-refractivity contribution in [1.82, 2.24) is 4.40 Å². The van der Waals surface area contributed by atoms with Gasteiger partial charge in [0.1, 0.15) is 7.05 Å². The number of rotatable bonds is 0. The number of halogens is 1. The topological polar surface area (TPSA) is 8.29 Å². The molecule has 0 bridgehead atoms. The first-order valence-electron chi connectivity index (χ1n) is 10.1. The van der Waals surface area contributed by atoms with Crippen LogP contribution >= 0.6 is 0 Å². The minimum atomic E-state index is -0.174. The molecule has 0 saturated carbocycles. The van der Waals surface area contributed by atoms with Crippen LogP contribution in [0.2, 0.25) is 0 Å². The number of benzene rings is 3. The summed E-state index contributed by atoms with van der Waals surface area (Å²) >= 11 is 0. The molecule has 2 nitrogen and oxygen atoms in total. The first kappa shape index (κ1) is 16.7. The molecule has 6 rings (SSSR count). The van der Waals surface area contributed by atoms with Crippen LogP contribution in [0.4, 0.5) is 4.39 Å². The van der Waals surface area contributed by atoms with Crippen LogP contribution in [0.1, 0.15) is 22.3 Å². The largest absolute Gasteiger partial charge is 0.307 e. The summed E-state index contributed by atoms with van der Waals surface area (Å²) in [6.45, 7) is 8.71.